The van der Waals surface area contributed by atoms with Gasteiger partial charge in [0.05, 0.1) is 13.2 Å². The highest BCUT2D eigenvalue weighted by Crippen LogP contribution is 2.18. The summed E-state index contributed by atoms with van der Waals surface area (Å²) in [5.41, 5.74) is 2.01. The van der Waals surface area contributed by atoms with Crippen LogP contribution in [0.1, 0.15) is 12.8 Å². The molecule has 5 nitrogen and oxygen atoms in total. The first kappa shape index (κ1) is 17.0. The number of anilines is 2. The summed E-state index contributed by atoms with van der Waals surface area (Å²) >= 11 is 10.7. The van der Waals surface area contributed by atoms with Crippen LogP contribution in [0.25, 0.3) is 0 Å². The summed E-state index contributed by atoms with van der Waals surface area (Å²) in [6, 6.07) is 7.96. The van der Waals surface area contributed by atoms with Crippen molar-refractivity contribution in [2.45, 2.75) is 12.8 Å². The fourth-order valence-corrected chi connectivity index (χ4v) is 2.52. The van der Waals surface area contributed by atoms with Crippen molar-refractivity contribution in [1.29, 1.82) is 0 Å². The molecule has 2 N–H and O–H groups in total. The highest BCUT2D eigenvalue weighted by Gasteiger charge is 2.11. The molecule has 1 amide bonds. The van der Waals surface area contributed by atoms with Crippen LogP contribution in [0.5, 0.6) is 0 Å². The number of nitrogens with one attached hydrogen (secondary N) is 2. The van der Waals surface area contributed by atoms with Gasteiger partial charge in [-0.25, -0.2) is 0 Å². The number of hydrogen-bond donors (Lipinski definition) is 2. The zero-order chi connectivity index (χ0) is 15.8. The quantitative estimate of drug-likeness (QED) is 0.636. The van der Waals surface area contributed by atoms with Gasteiger partial charge in [0.1, 0.15) is 0 Å². The minimum absolute atomic E-state index is 0.122. The number of thiocarbonyl (C=S) groups is 1. The lowest BCUT2D eigenvalue weighted by Crippen LogP contribution is -2.36. The number of nitrogens with zero attached hydrogens (tertiary/aromatic N) is 1. The van der Waals surface area contributed by atoms with Crippen LogP contribution in [-0.4, -0.2) is 43.2 Å². The summed E-state index contributed by atoms with van der Waals surface area (Å²) in [6.07, 6.45) is 1.02. The Morgan fingerprint density at radius 3 is 2.59 bits per heavy atom. The van der Waals surface area contributed by atoms with Gasteiger partial charge < -0.3 is 20.3 Å². The fourth-order valence-electron chi connectivity index (χ4n) is 2.16. The first-order valence-corrected chi connectivity index (χ1v) is 8.23. The molecular weight excluding hydrogens is 322 g/mol. The Hall–Kier alpha value is -1.37. The Balaban J connectivity index is 1.82. The molecule has 7 heteroatoms. The average molecular weight is 342 g/mol. The van der Waals surface area contributed by atoms with Crippen LogP contribution >= 0.6 is 23.8 Å². The number of ether oxygens (including phenoxy) is 1. The molecule has 0 aromatic heterocycles. The number of amides is 1. The molecule has 1 aromatic carbocycles. The van der Waals surface area contributed by atoms with Gasteiger partial charge in [-0.1, -0.05) is 0 Å². The van der Waals surface area contributed by atoms with Crippen molar-refractivity contribution < 1.29 is 9.53 Å². The van der Waals surface area contributed by atoms with Crippen LogP contribution in [0.4, 0.5) is 11.4 Å². The van der Waals surface area contributed by atoms with E-state index in [9.17, 15) is 4.79 Å². The van der Waals surface area contributed by atoms with Gasteiger partial charge in [-0.05, 0) is 42.9 Å². The predicted octanol–water partition coefficient (Wildman–Crippen LogP) is 2.36. The number of carbonyl (C=O) groups excluding carboxylic acids is 1. The number of hydrogen-bond acceptors (Lipinski definition) is 4. The SMILES string of the molecule is O=C(CCCCl)NC(=S)Nc1ccc(N2CCOCC2)cc1. The molecule has 0 unspecified atom stereocenters. The van der Waals surface area contributed by atoms with Crippen molar-refractivity contribution in [3.05, 3.63) is 24.3 Å². The molecular formula is C15H20ClN3O2S. The summed E-state index contributed by atoms with van der Waals surface area (Å²) in [6.45, 7) is 3.33. The molecule has 0 aliphatic carbocycles. The van der Waals surface area contributed by atoms with Gasteiger partial charge in [0.2, 0.25) is 5.91 Å². The maximum Gasteiger partial charge on any atom is 0.226 e. The van der Waals surface area contributed by atoms with Crippen LogP contribution in [0.15, 0.2) is 24.3 Å². The van der Waals surface area contributed by atoms with Gasteiger partial charge >= 0.3 is 0 Å². The molecule has 0 spiro atoms. The summed E-state index contributed by atoms with van der Waals surface area (Å²) in [4.78, 5) is 13.8. The van der Waals surface area contributed by atoms with Crippen molar-refractivity contribution in [3.8, 4) is 0 Å². The second kappa shape index (κ2) is 8.92. The third kappa shape index (κ3) is 5.44. The summed E-state index contributed by atoms with van der Waals surface area (Å²) < 4.78 is 5.34. The second-order valence-corrected chi connectivity index (χ2v) is 5.73. The zero-order valence-electron chi connectivity index (χ0n) is 12.3. The van der Waals surface area contributed by atoms with Crippen LogP contribution < -0.4 is 15.5 Å². The molecule has 1 aromatic rings. The topological polar surface area (TPSA) is 53.6 Å². The number of rotatable bonds is 5. The molecule has 0 atom stereocenters. The van der Waals surface area contributed by atoms with E-state index < -0.39 is 0 Å². The lowest BCUT2D eigenvalue weighted by molar-refractivity contribution is -0.119. The molecule has 1 saturated heterocycles. The van der Waals surface area contributed by atoms with Crippen molar-refractivity contribution >= 4 is 46.2 Å². The molecule has 0 radical (unpaired) electrons. The van der Waals surface area contributed by atoms with E-state index in [4.69, 9.17) is 28.6 Å². The molecule has 1 fully saturated rings. The van der Waals surface area contributed by atoms with Gasteiger partial charge in [0.25, 0.3) is 0 Å². The van der Waals surface area contributed by atoms with Crippen molar-refractivity contribution in [1.82, 2.24) is 5.32 Å². The number of benzene rings is 1. The number of alkyl halides is 1. The van der Waals surface area contributed by atoms with Gasteiger partial charge in [-0.3, -0.25) is 4.79 Å². The van der Waals surface area contributed by atoms with E-state index in [0.29, 0.717) is 23.8 Å². The number of halogens is 1. The van der Waals surface area contributed by atoms with Crippen LogP contribution in [-0.2, 0) is 9.53 Å². The standard InChI is InChI=1S/C15H20ClN3O2S/c16-7-1-2-14(20)18-15(22)17-12-3-5-13(6-4-12)19-8-10-21-11-9-19/h3-6H,1-2,7-11H2,(H2,17,18,20,22). The number of carbonyl (C=O) groups is 1. The third-order valence-corrected chi connectivity index (χ3v) is 3.76. The van der Waals surface area contributed by atoms with Crippen LogP contribution in [0.3, 0.4) is 0 Å². The monoisotopic (exact) mass is 341 g/mol. The van der Waals surface area contributed by atoms with Crippen LogP contribution in [0, 0.1) is 0 Å². The zero-order valence-corrected chi connectivity index (χ0v) is 13.9. The van der Waals surface area contributed by atoms with E-state index in [1.54, 1.807) is 0 Å². The maximum absolute atomic E-state index is 11.5. The van der Waals surface area contributed by atoms with Crippen molar-refractivity contribution in [2.24, 2.45) is 0 Å². The highest BCUT2D eigenvalue weighted by atomic mass is 35.5. The van der Waals surface area contributed by atoms with Gasteiger partial charge in [0, 0.05) is 36.8 Å². The van der Waals surface area contributed by atoms with E-state index in [0.717, 1.165) is 37.7 Å². The van der Waals surface area contributed by atoms with Crippen molar-refractivity contribution in [3.63, 3.8) is 0 Å². The summed E-state index contributed by atoms with van der Waals surface area (Å²) in [7, 11) is 0. The minimum Gasteiger partial charge on any atom is -0.378 e. The smallest absolute Gasteiger partial charge is 0.226 e. The molecule has 2 rings (SSSR count). The maximum atomic E-state index is 11.5. The van der Waals surface area contributed by atoms with E-state index in [-0.39, 0.29) is 5.91 Å². The predicted molar refractivity (Wildman–Crippen MR) is 93.8 cm³/mol. The van der Waals surface area contributed by atoms with Gasteiger partial charge in [-0.15, -0.1) is 11.6 Å². The van der Waals surface area contributed by atoms with Crippen LogP contribution in [0.2, 0.25) is 0 Å². The second-order valence-electron chi connectivity index (χ2n) is 4.94. The Bertz CT molecular complexity index is 504. The van der Waals surface area contributed by atoms with E-state index in [1.807, 2.05) is 24.3 Å². The molecule has 1 aliphatic heterocycles. The van der Waals surface area contributed by atoms with Crippen molar-refractivity contribution in [2.75, 3.05) is 42.4 Å². The van der Waals surface area contributed by atoms with E-state index in [2.05, 4.69) is 15.5 Å². The minimum atomic E-state index is -0.122. The van der Waals surface area contributed by atoms with E-state index in [1.165, 1.54) is 0 Å². The molecule has 0 saturated carbocycles. The Morgan fingerprint density at radius 1 is 1.27 bits per heavy atom. The first-order valence-electron chi connectivity index (χ1n) is 7.28. The lowest BCUT2D eigenvalue weighted by atomic mass is 10.2. The van der Waals surface area contributed by atoms with E-state index >= 15 is 0 Å². The molecule has 0 bridgehead atoms. The molecule has 1 heterocycles. The first-order chi connectivity index (χ1) is 10.7. The number of morpholine rings is 1. The lowest BCUT2D eigenvalue weighted by Gasteiger charge is -2.28. The third-order valence-electron chi connectivity index (χ3n) is 3.29. The summed E-state index contributed by atoms with van der Waals surface area (Å²) in [5, 5.41) is 5.94. The van der Waals surface area contributed by atoms with Gasteiger partial charge in [-0.2, -0.15) is 0 Å². The molecule has 1 aliphatic rings. The Kier molecular flexibility index (Phi) is 6.89. The Labute approximate surface area is 141 Å². The average Bonchev–Trinajstić information content (AvgIpc) is 2.54. The Morgan fingerprint density at radius 2 is 1.95 bits per heavy atom. The normalized spacial score (nSPS) is 14.5. The largest absolute Gasteiger partial charge is 0.378 e. The molecule has 22 heavy (non-hydrogen) atoms. The fraction of sp³-hybridized carbons (Fsp3) is 0.467. The highest BCUT2D eigenvalue weighted by molar-refractivity contribution is 7.80. The summed E-state index contributed by atoms with van der Waals surface area (Å²) in [5.74, 6) is 0.347. The molecule has 120 valence electrons. The van der Waals surface area contributed by atoms with Gasteiger partial charge in [0.15, 0.2) is 5.11 Å².